The molecule has 0 heterocycles. The number of nitro benzene ring substituents is 1. The van der Waals surface area contributed by atoms with Crippen LogP contribution in [0.4, 0.5) is 21.5 Å². The maximum Gasteiger partial charge on any atom is 0.338 e. The number of ether oxygens (including phenoxy) is 1. The number of rotatable bonds is 8. The van der Waals surface area contributed by atoms with Gasteiger partial charge in [0.1, 0.15) is 0 Å². The smallest absolute Gasteiger partial charge is 0.338 e. The molecule has 0 saturated carbocycles. The molecule has 1 amide bonds. The molecular weight excluding hydrogens is 381 g/mol. The van der Waals surface area contributed by atoms with Crippen molar-refractivity contribution in [3.05, 3.63) is 64.0 Å². The van der Waals surface area contributed by atoms with Crippen molar-refractivity contribution >= 4 is 28.9 Å². The van der Waals surface area contributed by atoms with E-state index in [0.717, 1.165) is 30.9 Å². The zero-order chi connectivity index (χ0) is 21.6. The van der Waals surface area contributed by atoms with Crippen LogP contribution in [0.5, 0.6) is 0 Å². The Morgan fingerprint density at radius 3 is 2.34 bits per heavy atom. The van der Waals surface area contributed by atoms with Crippen LogP contribution < -0.4 is 10.2 Å². The molecule has 0 saturated heterocycles. The maximum atomic E-state index is 13.4. The lowest BCUT2D eigenvalue weighted by molar-refractivity contribution is -0.387. The third-order valence-corrected chi connectivity index (χ3v) is 4.30. The van der Waals surface area contributed by atoms with Gasteiger partial charge in [-0.1, -0.05) is 0 Å². The molecular formula is C20H22FN3O5. The van der Waals surface area contributed by atoms with Crippen LogP contribution in [0.3, 0.4) is 0 Å². The Kier molecular flexibility index (Phi) is 7.24. The van der Waals surface area contributed by atoms with E-state index in [1.54, 1.807) is 24.3 Å². The van der Waals surface area contributed by atoms with Crippen molar-refractivity contribution in [1.82, 2.24) is 0 Å². The third-order valence-electron chi connectivity index (χ3n) is 4.30. The molecule has 2 aromatic rings. The topological polar surface area (TPSA) is 102 Å². The molecule has 1 N–H and O–H groups in total. The Balaban J connectivity index is 2.01. The Hall–Kier alpha value is -3.49. The number of amides is 1. The number of hydrogen-bond acceptors (Lipinski definition) is 6. The molecule has 0 aromatic heterocycles. The minimum Gasteiger partial charge on any atom is -0.449 e. The molecule has 0 aliphatic rings. The number of nitro groups is 1. The van der Waals surface area contributed by atoms with Gasteiger partial charge in [-0.15, -0.1) is 0 Å². The summed E-state index contributed by atoms with van der Waals surface area (Å²) in [7, 11) is 0. The molecule has 8 nitrogen and oxygen atoms in total. The van der Waals surface area contributed by atoms with Gasteiger partial charge in [-0.3, -0.25) is 14.9 Å². The van der Waals surface area contributed by atoms with Crippen LogP contribution in [0.1, 0.15) is 31.1 Å². The normalized spacial score (nSPS) is 11.4. The summed E-state index contributed by atoms with van der Waals surface area (Å²) in [6.07, 6.45) is -1.16. The van der Waals surface area contributed by atoms with Crippen molar-refractivity contribution in [2.45, 2.75) is 26.9 Å². The second-order valence-corrected chi connectivity index (χ2v) is 6.18. The molecule has 2 rings (SSSR count). The highest BCUT2D eigenvalue weighted by Crippen LogP contribution is 2.22. The van der Waals surface area contributed by atoms with Gasteiger partial charge in [-0.2, -0.15) is 4.39 Å². The molecule has 0 fully saturated rings. The van der Waals surface area contributed by atoms with Crippen molar-refractivity contribution in [2.75, 3.05) is 23.3 Å². The highest BCUT2D eigenvalue weighted by Gasteiger charge is 2.21. The third kappa shape index (κ3) is 5.50. The molecule has 0 aliphatic heterocycles. The van der Waals surface area contributed by atoms with Crippen molar-refractivity contribution in [1.29, 1.82) is 0 Å². The number of carbonyl (C=O) groups is 2. The lowest BCUT2D eigenvalue weighted by atomic mass is 10.2. The first-order chi connectivity index (χ1) is 13.8. The van der Waals surface area contributed by atoms with E-state index in [2.05, 4.69) is 10.2 Å². The van der Waals surface area contributed by atoms with Gasteiger partial charge < -0.3 is 15.0 Å². The fraction of sp³-hybridized carbons (Fsp3) is 0.300. The van der Waals surface area contributed by atoms with Gasteiger partial charge in [0.05, 0.1) is 10.5 Å². The molecule has 1 atom stereocenters. The van der Waals surface area contributed by atoms with Gasteiger partial charge in [-0.25, -0.2) is 4.79 Å². The van der Waals surface area contributed by atoms with Gasteiger partial charge in [0.15, 0.2) is 6.10 Å². The standard InChI is InChI=1S/C20H22FN3O5/c1-4-23(5-2)16-9-6-14(7-10-16)20(26)29-13(3)19(25)22-15-8-11-17(21)18(12-15)24(27)28/h6-13H,4-5H2,1-3H3,(H,22,25). The second-order valence-electron chi connectivity index (χ2n) is 6.18. The van der Waals surface area contributed by atoms with Gasteiger partial charge in [0.25, 0.3) is 5.91 Å². The lowest BCUT2D eigenvalue weighted by Gasteiger charge is -2.21. The predicted octanol–water partition coefficient (Wildman–Crippen LogP) is 3.76. The van der Waals surface area contributed by atoms with Gasteiger partial charge >= 0.3 is 11.7 Å². The summed E-state index contributed by atoms with van der Waals surface area (Å²) in [5.41, 5.74) is 0.517. The quantitative estimate of drug-likeness (QED) is 0.409. The average molecular weight is 403 g/mol. The van der Waals surface area contributed by atoms with Crippen molar-refractivity contribution < 1.29 is 23.6 Å². The van der Waals surface area contributed by atoms with E-state index in [1.165, 1.54) is 13.0 Å². The minimum atomic E-state index is -1.16. The lowest BCUT2D eigenvalue weighted by Crippen LogP contribution is -2.30. The molecule has 154 valence electrons. The number of benzene rings is 2. The number of halogens is 1. The second kappa shape index (κ2) is 9.63. The molecule has 29 heavy (non-hydrogen) atoms. The number of nitrogens with zero attached hydrogens (tertiary/aromatic N) is 2. The largest absolute Gasteiger partial charge is 0.449 e. The summed E-state index contributed by atoms with van der Waals surface area (Å²) in [6.45, 7) is 7.09. The van der Waals surface area contributed by atoms with Crippen LogP contribution in [-0.4, -0.2) is 36.0 Å². The van der Waals surface area contributed by atoms with Crippen molar-refractivity contribution in [3.8, 4) is 0 Å². The van der Waals surface area contributed by atoms with Crippen LogP contribution in [0, 0.1) is 15.9 Å². The van der Waals surface area contributed by atoms with Crippen molar-refractivity contribution in [3.63, 3.8) is 0 Å². The number of carbonyl (C=O) groups excluding carboxylic acids is 2. The number of esters is 1. The zero-order valence-electron chi connectivity index (χ0n) is 16.3. The van der Waals surface area contributed by atoms with E-state index in [0.29, 0.717) is 0 Å². The van der Waals surface area contributed by atoms with Crippen LogP contribution >= 0.6 is 0 Å². The summed E-state index contributed by atoms with van der Waals surface area (Å²) in [4.78, 5) is 36.5. The fourth-order valence-electron chi connectivity index (χ4n) is 2.65. The van der Waals surface area contributed by atoms with Crippen LogP contribution in [0.2, 0.25) is 0 Å². The highest BCUT2D eigenvalue weighted by molar-refractivity contribution is 5.97. The summed E-state index contributed by atoms with van der Waals surface area (Å²) < 4.78 is 18.5. The number of hydrogen-bond donors (Lipinski definition) is 1. The zero-order valence-corrected chi connectivity index (χ0v) is 16.3. The maximum absolute atomic E-state index is 13.4. The Morgan fingerprint density at radius 1 is 1.17 bits per heavy atom. The fourth-order valence-corrected chi connectivity index (χ4v) is 2.65. The van der Waals surface area contributed by atoms with Crippen molar-refractivity contribution in [2.24, 2.45) is 0 Å². The molecule has 0 bridgehead atoms. The first-order valence-electron chi connectivity index (χ1n) is 9.07. The van der Waals surface area contributed by atoms with Crippen LogP contribution in [0.15, 0.2) is 42.5 Å². The van der Waals surface area contributed by atoms with Crippen LogP contribution in [-0.2, 0) is 9.53 Å². The van der Waals surface area contributed by atoms with E-state index in [-0.39, 0.29) is 11.3 Å². The van der Waals surface area contributed by atoms with E-state index in [9.17, 15) is 24.1 Å². The molecule has 0 radical (unpaired) electrons. The minimum absolute atomic E-state index is 0.0228. The summed E-state index contributed by atoms with van der Waals surface area (Å²) >= 11 is 0. The molecule has 1 unspecified atom stereocenters. The van der Waals surface area contributed by atoms with Crippen LogP contribution in [0.25, 0.3) is 0 Å². The number of anilines is 2. The Morgan fingerprint density at radius 2 is 1.79 bits per heavy atom. The summed E-state index contributed by atoms with van der Waals surface area (Å²) in [5.74, 6) is -2.39. The first-order valence-corrected chi connectivity index (χ1v) is 9.07. The number of nitrogens with one attached hydrogen (secondary N) is 1. The summed E-state index contributed by atoms with van der Waals surface area (Å²) in [5, 5.41) is 13.1. The predicted molar refractivity (Wildman–Crippen MR) is 107 cm³/mol. The van der Waals surface area contributed by atoms with E-state index in [4.69, 9.17) is 4.74 Å². The Bertz CT molecular complexity index is 897. The Labute approximate surface area is 167 Å². The SMILES string of the molecule is CCN(CC)c1ccc(C(=O)OC(C)C(=O)Nc2ccc(F)c([N+](=O)[O-])c2)cc1. The van der Waals surface area contributed by atoms with Gasteiger partial charge in [0.2, 0.25) is 5.82 Å². The van der Waals surface area contributed by atoms with E-state index in [1.807, 2.05) is 13.8 Å². The molecule has 0 spiro atoms. The van der Waals surface area contributed by atoms with E-state index >= 15 is 0 Å². The highest BCUT2D eigenvalue weighted by atomic mass is 19.1. The van der Waals surface area contributed by atoms with Gasteiger partial charge in [-0.05, 0) is 57.2 Å². The summed E-state index contributed by atoms with van der Waals surface area (Å²) in [6, 6.07) is 9.78. The van der Waals surface area contributed by atoms with E-state index < -0.39 is 34.4 Å². The molecule has 2 aromatic carbocycles. The monoisotopic (exact) mass is 403 g/mol. The molecule has 9 heteroatoms. The molecule has 0 aliphatic carbocycles. The average Bonchev–Trinajstić information content (AvgIpc) is 2.70. The van der Waals surface area contributed by atoms with Gasteiger partial charge in [0, 0.05) is 30.5 Å². The first kappa shape index (κ1) is 21.8.